The number of nitrogens with two attached hydrogens (primary N) is 1. The van der Waals surface area contributed by atoms with Crippen molar-refractivity contribution in [2.75, 3.05) is 12.3 Å². The number of carbonyl (C=O) groups is 1. The Morgan fingerprint density at radius 2 is 2.19 bits per heavy atom. The molecule has 5 nitrogen and oxygen atoms in total. The zero-order valence-corrected chi connectivity index (χ0v) is 12.7. The molecule has 1 unspecified atom stereocenters. The molecule has 0 fully saturated rings. The highest BCUT2D eigenvalue weighted by Crippen LogP contribution is 2.21. The Morgan fingerprint density at radius 3 is 2.86 bits per heavy atom. The molecule has 0 radical (unpaired) electrons. The van der Waals surface area contributed by atoms with Crippen LogP contribution in [0.1, 0.15) is 37.6 Å². The van der Waals surface area contributed by atoms with Crippen LogP contribution in [-0.2, 0) is 0 Å². The van der Waals surface area contributed by atoms with Gasteiger partial charge in [-0.15, -0.1) is 0 Å². The number of H-pyrrole nitrogens is 1. The van der Waals surface area contributed by atoms with Gasteiger partial charge in [0.05, 0.1) is 11.2 Å². The van der Waals surface area contributed by atoms with Crippen LogP contribution in [0.2, 0.25) is 0 Å². The minimum Gasteiger partial charge on any atom is -0.399 e. The Bertz CT molecular complexity index is 644. The topological polar surface area (TPSA) is 91.1 Å². The van der Waals surface area contributed by atoms with Gasteiger partial charge in [-0.3, -0.25) is 4.79 Å². The number of nitrogens with one attached hydrogen (secondary N) is 2. The number of hydrogen-bond donors (Lipinski definition) is 4. The third-order valence-electron chi connectivity index (χ3n) is 3.43. The predicted octanol–water partition coefficient (Wildman–Crippen LogP) is 2.28. The van der Waals surface area contributed by atoms with Gasteiger partial charge in [0, 0.05) is 29.3 Å². The first-order valence-electron chi connectivity index (χ1n) is 7.16. The van der Waals surface area contributed by atoms with Gasteiger partial charge in [0.15, 0.2) is 0 Å². The van der Waals surface area contributed by atoms with Gasteiger partial charge >= 0.3 is 0 Å². The van der Waals surface area contributed by atoms with E-state index >= 15 is 0 Å². The van der Waals surface area contributed by atoms with E-state index in [0.717, 1.165) is 10.9 Å². The molecule has 0 saturated carbocycles. The molecule has 1 heterocycles. The van der Waals surface area contributed by atoms with Crippen molar-refractivity contribution in [1.82, 2.24) is 10.3 Å². The average molecular weight is 289 g/mol. The Labute approximate surface area is 124 Å². The van der Waals surface area contributed by atoms with E-state index in [2.05, 4.69) is 10.3 Å². The van der Waals surface area contributed by atoms with Crippen molar-refractivity contribution in [1.29, 1.82) is 0 Å². The lowest BCUT2D eigenvalue weighted by Gasteiger charge is -2.25. The number of aromatic amines is 1. The van der Waals surface area contributed by atoms with E-state index in [1.165, 1.54) is 0 Å². The van der Waals surface area contributed by atoms with Crippen LogP contribution in [0.15, 0.2) is 24.4 Å². The molecule has 1 atom stereocenters. The van der Waals surface area contributed by atoms with Crippen molar-refractivity contribution < 1.29 is 9.90 Å². The minimum absolute atomic E-state index is 0.199. The summed E-state index contributed by atoms with van der Waals surface area (Å²) < 4.78 is 0. The maximum Gasteiger partial charge on any atom is 0.253 e. The highest BCUT2D eigenvalue weighted by molar-refractivity contribution is 6.07. The Morgan fingerprint density at radius 1 is 1.48 bits per heavy atom. The zero-order valence-electron chi connectivity index (χ0n) is 12.7. The number of hydrogen-bond acceptors (Lipinski definition) is 3. The lowest BCUT2D eigenvalue weighted by atomic mass is 9.94. The molecule has 0 aliphatic heterocycles. The van der Waals surface area contributed by atoms with Crippen molar-refractivity contribution >= 4 is 22.5 Å². The quantitative estimate of drug-likeness (QED) is 0.636. The molecule has 2 rings (SSSR count). The second-order valence-electron chi connectivity index (χ2n) is 6.28. The monoisotopic (exact) mass is 289 g/mol. The molecule has 0 saturated heterocycles. The van der Waals surface area contributed by atoms with Crippen molar-refractivity contribution in [2.24, 2.45) is 5.92 Å². The largest absolute Gasteiger partial charge is 0.399 e. The van der Waals surface area contributed by atoms with Crippen LogP contribution in [0.5, 0.6) is 0 Å². The molecule has 1 aromatic heterocycles. The summed E-state index contributed by atoms with van der Waals surface area (Å²) >= 11 is 0. The number of fused-ring (bicyclic) bond motifs is 1. The van der Waals surface area contributed by atoms with Crippen LogP contribution in [0.3, 0.4) is 0 Å². The third kappa shape index (κ3) is 3.76. The highest BCUT2D eigenvalue weighted by Gasteiger charge is 2.23. The first-order valence-corrected chi connectivity index (χ1v) is 7.16. The van der Waals surface area contributed by atoms with Crippen molar-refractivity contribution in [3.63, 3.8) is 0 Å². The van der Waals surface area contributed by atoms with Crippen LogP contribution in [0.4, 0.5) is 5.69 Å². The Kier molecular flexibility index (Phi) is 4.23. The van der Waals surface area contributed by atoms with Gasteiger partial charge in [0.25, 0.3) is 5.91 Å². The molecule has 1 aromatic carbocycles. The van der Waals surface area contributed by atoms with Crippen LogP contribution < -0.4 is 11.1 Å². The number of nitrogen functional groups attached to an aromatic ring is 1. The average Bonchev–Trinajstić information content (AvgIpc) is 2.77. The molecule has 21 heavy (non-hydrogen) atoms. The molecule has 0 aliphatic carbocycles. The predicted molar refractivity (Wildman–Crippen MR) is 85.1 cm³/mol. The molecule has 114 valence electrons. The fourth-order valence-corrected chi connectivity index (χ4v) is 2.65. The SMILES string of the molecule is CC(C)CC(C)(O)CNC(=O)c1c[nH]c2cc(N)ccc12. The summed E-state index contributed by atoms with van der Waals surface area (Å²) in [5.41, 5.74) is 6.85. The third-order valence-corrected chi connectivity index (χ3v) is 3.43. The molecule has 5 N–H and O–H groups in total. The molecule has 0 bridgehead atoms. The lowest BCUT2D eigenvalue weighted by Crippen LogP contribution is -2.41. The van der Waals surface area contributed by atoms with Gasteiger partial charge in [-0.05, 0) is 37.5 Å². The fraction of sp³-hybridized carbons (Fsp3) is 0.438. The van der Waals surface area contributed by atoms with Crippen LogP contribution in [-0.4, -0.2) is 28.1 Å². The Hall–Kier alpha value is -2.01. The fourth-order valence-electron chi connectivity index (χ4n) is 2.65. The van der Waals surface area contributed by atoms with E-state index in [4.69, 9.17) is 5.73 Å². The van der Waals surface area contributed by atoms with Crippen LogP contribution in [0.25, 0.3) is 10.9 Å². The second kappa shape index (κ2) is 5.77. The molecular formula is C16H23N3O2. The lowest BCUT2D eigenvalue weighted by molar-refractivity contribution is 0.0368. The highest BCUT2D eigenvalue weighted by atomic mass is 16.3. The van der Waals surface area contributed by atoms with Gasteiger partial charge in [-0.25, -0.2) is 0 Å². The summed E-state index contributed by atoms with van der Waals surface area (Å²) in [6, 6.07) is 5.38. The minimum atomic E-state index is -0.902. The maximum atomic E-state index is 12.3. The van der Waals surface area contributed by atoms with Gasteiger partial charge < -0.3 is 21.1 Å². The number of carbonyl (C=O) groups excluding carboxylic acids is 1. The summed E-state index contributed by atoms with van der Waals surface area (Å²) in [5, 5.41) is 13.9. The number of benzene rings is 1. The van der Waals surface area contributed by atoms with E-state index in [1.807, 2.05) is 19.9 Å². The van der Waals surface area contributed by atoms with E-state index in [0.29, 0.717) is 23.6 Å². The van der Waals surface area contributed by atoms with Crippen molar-refractivity contribution in [3.8, 4) is 0 Å². The van der Waals surface area contributed by atoms with Crippen LogP contribution >= 0.6 is 0 Å². The van der Waals surface area contributed by atoms with Gasteiger partial charge in [-0.1, -0.05) is 13.8 Å². The number of aromatic nitrogens is 1. The van der Waals surface area contributed by atoms with E-state index in [9.17, 15) is 9.90 Å². The van der Waals surface area contributed by atoms with Gasteiger partial charge in [0.1, 0.15) is 0 Å². The van der Waals surface area contributed by atoms with Crippen molar-refractivity contribution in [2.45, 2.75) is 32.8 Å². The normalized spacial score (nSPS) is 14.3. The molecule has 5 heteroatoms. The Balaban J connectivity index is 2.09. The summed E-state index contributed by atoms with van der Waals surface area (Å²) in [7, 11) is 0. The van der Waals surface area contributed by atoms with Crippen LogP contribution in [0, 0.1) is 5.92 Å². The van der Waals surface area contributed by atoms with E-state index < -0.39 is 5.60 Å². The maximum absolute atomic E-state index is 12.3. The van der Waals surface area contributed by atoms with Gasteiger partial charge in [0.2, 0.25) is 0 Å². The smallest absolute Gasteiger partial charge is 0.253 e. The second-order valence-corrected chi connectivity index (χ2v) is 6.28. The molecule has 0 aliphatic rings. The zero-order chi connectivity index (χ0) is 15.6. The molecule has 2 aromatic rings. The standard InChI is InChI=1S/C16H23N3O2/c1-10(2)7-16(3,21)9-19-15(20)13-8-18-14-6-11(17)4-5-12(13)14/h4-6,8,10,18,21H,7,9,17H2,1-3H3,(H,19,20). The number of amides is 1. The summed E-state index contributed by atoms with van der Waals surface area (Å²) in [5.74, 6) is 0.169. The summed E-state index contributed by atoms with van der Waals surface area (Å²) in [6.45, 7) is 6.05. The molecule has 1 amide bonds. The summed E-state index contributed by atoms with van der Waals surface area (Å²) in [6.07, 6.45) is 2.30. The first-order chi connectivity index (χ1) is 9.78. The molecular weight excluding hydrogens is 266 g/mol. The van der Waals surface area contributed by atoms with Crippen molar-refractivity contribution in [3.05, 3.63) is 30.0 Å². The summed E-state index contributed by atoms with van der Waals surface area (Å²) in [4.78, 5) is 15.3. The van der Waals surface area contributed by atoms with Gasteiger partial charge in [-0.2, -0.15) is 0 Å². The number of rotatable bonds is 5. The molecule has 0 spiro atoms. The first kappa shape index (κ1) is 15.4. The van der Waals surface area contributed by atoms with E-state index in [-0.39, 0.29) is 12.5 Å². The van der Waals surface area contributed by atoms with E-state index in [1.54, 1.807) is 25.3 Å². The number of aliphatic hydroxyl groups is 1. The number of anilines is 1.